The summed E-state index contributed by atoms with van der Waals surface area (Å²) < 4.78 is 13.1. The molecule has 0 saturated heterocycles. The van der Waals surface area contributed by atoms with Crippen LogP contribution in [-0.4, -0.2) is 21.0 Å². The maximum Gasteiger partial charge on any atom is 0.265 e. The van der Waals surface area contributed by atoms with Gasteiger partial charge in [0, 0.05) is 12.4 Å². The SMILES string of the molecule is CCCOc1ccc(Oc2nc(N)cn3ccnc23)cc1. The lowest BCUT2D eigenvalue weighted by molar-refractivity contribution is 0.317. The van der Waals surface area contributed by atoms with Gasteiger partial charge in [-0.3, -0.25) is 4.40 Å². The monoisotopic (exact) mass is 284 g/mol. The third kappa shape index (κ3) is 2.89. The van der Waals surface area contributed by atoms with Crippen molar-refractivity contribution >= 4 is 11.5 Å². The smallest absolute Gasteiger partial charge is 0.265 e. The van der Waals surface area contributed by atoms with Crippen molar-refractivity contribution in [3.05, 3.63) is 42.9 Å². The molecule has 1 aromatic carbocycles. The highest BCUT2D eigenvalue weighted by Crippen LogP contribution is 2.26. The van der Waals surface area contributed by atoms with Gasteiger partial charge in [-0.15, -0.1) is 0 Å². The second kappa shape index (κ2) is 5.70. The van der Waals surface area contributed by atoms with Crippen molar-refractivity contribution in [3.63, 3.8) is 0 Å². The average molecular weight is 284 g/mol. The Morgan fingerprint density at radius 3 is 2.71 bits per heavy atom. The van der Waals surface area contributed by atoms with Gasteiger partial charge in [0.25, 0.3) is 5.88 Å². The topological polar surface area (TPSA) is 74.7 Å². The van der Waals surface area contributed by atoms with Crippen LogP contribution < -0.4 is 15.2 Å². The second-order valence-electron chi connectivity index (χ2n) is 4.55. The number of nitrogens with zero attached hydrogens (tertiary/aromatic N) is 3. The van der Waals surface area contributed by atoms with Gasteiger partial charge in [0.1, 0.15) is 17.3 Å². The molecule has 0 spiro atoms. The van der Waals surface area contributed by atoms with E-state index in [2.05, 4.69) is 16.9 Å². The van der Waals surface area contributed by atoms with Crippen LogP contribution in [0.15, 0.2) is 42.9 Å². The number of nitrogen functional groups attached to an aromatic ring is 1. The fourth-order valence-electron chi connectivity index (χ4n) is 1.93. The molecule has 2 heterocycles. The van der Waals surface area contributed by atoms with Gasteiger partial charge in [0.15, 0.2) is 0 Å². The molecule has 0 bridgehead atoms. The number of benzene rings is 1. The summed E-state index contributed by atoms with van der Waals surface area (Å²) in [4.78, 5) is 8.39. The number of hydrogen-bond acceptors (Lipinski definition) is 5. The lowest BCUT2D eigenvalue weighted by Crippen LogP contribution is -1.99. The van der Waals surface area contributed by atoms with Crippen LogP contribution in [0.25, 0.3) is 5.65 Å². The maximum absolute atomic E-state index is 5.76. The Balaban J connectivity index is 1.83. The van der Waals surface area contributed by atoms with Crippen LogP contribution in [0, 0.1) is 0 Å². The minimum Gasteiger partial charge on any atom is -0.494 e. The summed E-state index contributed by atoms with van der Waals surface area (Å²) in [7, 11) is 0. The summed E-state index contributed by atoms with van der Waals surface area (Å²) in [6, 6.07) is 7.38. The molecular weight excluding hydrogens is 268 g/mol. The standard InChI is InChI=1S/C15H16N4O2/c1-2-9-20-11-3-5-12(6-4-11)21-15-14-17-7-8-19(14)10-13(16)18-15/h3-8,10H,2,9,16H2,1H3. The van der Waals surface area contributed by atoms with Crippen molar-refractivity contribution in [3.8, 4) is 17.4 Å². The Kier molecular flexibility index (Phi) is 3.59. The predicted molar refractivity (Wildman–Crippen MR) is 79.7 cm³/mol. The Morgan fingerprint density at radius 2 is 1.95 bits per heavy atom. The molecule has 3 aromatic rings. The zero-order valence-corrected chi connectivity index (χ0v) is 11.7. The fourth-order valence-corrected chi connectivity index (χ4v) is 1.93. The van der Waals surface area contributed by atoms with Crippen molar-refractivity contribution in [2.75, 3.05) is 12.3 Å². The first kappa shape index (κ1) is 13.2. The number of imidazole rings is 1. The lowest BCUT2D eigenvalue weighted by Gasteiger charge is -2.08. The minimum absolute atomic E-state index is 0.374. The van der Waals surface area contributed by atoms with Gasteiger partial charge >= 0.3 is 0 Å². The molecule has 0 aliphatic heterocycles. The van der Waals surface area contributed by atoms with Gasteiger partial charge in [0.2, 0.25) is 5.65 Å². The van der Waals surface area contributed by atoms with E-state index >= 15 is 0 Å². The maximum atomic E-state index is 5.76. The fraction of sp³-hybridized carbons (Fsp3) is 0.200. The van der Waals surface area contributed by atoms with Crippen LogP contribution in [-0.2, 0) is 0 Å². The van der Waals surface area contributed by atoms with E-state index in [-0.39, 0.29) is 0 Å². The van der Waals surface area contributed by atoms with E-state index in [0.717, 1.165) is 12.2 Å². The summed E-state index contributed by atoms with van der Waals surface area (Å²) in [5.74, 6) is 2.22. The first-order valence-electron chi connectivity index (χ1n) is 6.76. The lowest BCUT2D eigenvalue weighted by atomic mass is 10.3. The highest BCUT2D eigenvalue weighted by atomic mass is 16.5. The molecule has 0 atom stereocenters. The van der Waals surface area contributed by atoms with Crippen molar-refractivity contribution < 1.29 is 9.47 Å². The van der Waals surface area contributed by atoms with Crippen LogP contribution in [0.4, 0.5) is 5.82 Å². The molecule has 0 amide bonds. The third-order valence-corrected chi connectivity index (χ3v) is 2.87. The highest BCUT2D eigenvalue weighted by molar-refractivity contribution is 5.54. The van der Waals surface area contributed by atoms with E-state index in [0.29, 0.717) is 29.7 Å². The van der Waals surface area contributed by atoms with Crippen LogP contribution in [0.1, 0.15) is 13.3 Å². The zero-order valence-electron chi connectivity index (χ0n) is 11.7. The summed E-state index contributed by atoms with van der Waals surface area (Å²) in [6.07, 6.45) is 6.13. The zero-order chi connectivity index (χ0) is 14.7. The van der Waals surface area contributed by atoms with Crippen LogP contribution in [0.3, 0.4) is 0 Å². The van der Waals surface area contributed by atoms with Gasteiger partial charge in [-0.05, 0) is 30.7 Å². The van der Waals surface area contributed by atoms with E-state index in [1.807, 2.05) is 24.3 Å². The van der Waals surface area contributed by atoms with Crippen LogP contribution in [0.2, 0.25) is 0 Å². The summed E-state index contributed by atoms with van der Waals surface area (Å²) in [5, 5.41) is 0. The molecule has 0 saturated carbocycles. The van der Waals surface area contributed by atoms with Crippen LogP contribution >= 0.6 is 0 Å². The van der Waals surface area contributed by atoms with Gasteiger partial charge in [-0.1, -0.05) is 6.92 Å². The molecule has 108 valence electrons. The molecule has 0 unspecified atom stereocenters. The number of anilines is 1. The Morgan fingerprint density at radius 1 is 1.19 bits per heavy atom. The average Bonchev–Trinajstić information content (AvgIpc) is 2.95. The predicted octanol–water partition coefficient (Wildman–Crippen LogP) is 2.89. The number of hydrogen-bond donors (Lipinski definition) is 1. The summed E-state index contributed by atoms with van der Waals surface area (Å²) in [5.41, 5.74) is 6.38. The van der Waals surface area contributed by atoms with Crippen molar-refractivity contribution in [1.29, 1.82) is 0 Å². The van der Waals surface area contributed by atoms with E-state index in [1.165, 1.54) is 0 Å². The van der Waals surface area contributed by atoms with Gasteiger partial charge in [-0.2, -0.15) is 4.98 Å². The first-order chi connectivity index (χ1) is 10.3. The Hall–Kier alpha value is -2.76. The van der Waals surface area contributed by atoms with E-state index in [1.54, 1.807) is 23.0 Å². The first-order valence-corrected chi connectivity index (χ1v) is 6.76. The van der Waals surface area contributed by atoms with E-state index in [9.17, 15) is 0 Å². The highest BCUT2D eigenvalue weighted by Gasteiger charge is 2.08. The molecule has 21 heavy (non-hydrogen) atoms. The van der Waals surface area contributed by atoms with Gasteiger partial charge < -0.3 is 15.2 Å². The number of fused-ring (bicyclic) bond motifs is 1. The molecule has 6 nitrogen and oxygen atoms in total. The molecule has 2 N–H and O–H groups in total. The number of aromatic nitrogens is 3. The molecule has 2 aromatic heterocycles. The van der Waals surface area contributed by atoms with Gasteiger partial charge in [-0.25, -0.2) is 4.98 Å². The molecule has 6 heteroatoms. The minimum atomic E-state index is 0.374. The second-order valence-corrected chi connectivity index (χ2v) is 4.55. The number of nitrogens with two attached hydrogens (primary N) is 1. The summed E-state index contributed by atoms with van der Waals surface area (Å²) in [6.45, 7) is 2.77. The molecule has 0 radical (unpaired) electrons. The van der Waals surface area contributed by atoms with Gasteiger partial charge in [0.05, 0.1) is 12.8 Å². The molecule has 3 rings (SSSR count). The summed E-state index contributed by atoms with van der Waals surface area (Å²) >= 11 is 0. The Labute approximate surface area is 122 Å². The molecular formula is C15H16N4O2. The van der Waals surface area contributed by atoms with E-state index < -0.39 is 0 Å². The molecule has 0 fully saturated rings. The van der Waals surface area contributed by atoms with Crippen molar-refractivity contribution in [2.24, 2.45) is 0 Å². The quantitative estimate of drug-likeness (QED) is 0.779. The van der Waals surface area contributed by atoms with E-state index in [4.69, 9.17) is 15.2 Å². The number of ether oxygens (including phenoxy) is 2. The normalized spacial score (nSPS) is 10.7. The van der Waals surface area contributed by atoms with Crippen molar-refractivity contribution in [1.82, 2.24) is 14.4 Å². The molecule has 0 aliphatic carbocycles. The number of rotatable bonds is 5. The molecule has 0 aliphatic rings. The Bertz CT molecular complexity index is 737. The van der Waals surface area contributed by atoms with Crippen LogP contribution in [0.5, 0.6) is 17.4 Å². The van der Waals surface area contributed by atoms with Crippen molar-refractivity contribution in [2.45, 2.75) is 13.3 Å². The largest absolute Gasteiger partial charge is 0.494 e. The third-order valence-electron chi connectivity index (χ3n) is 2.87.